The number of carbonyl (C=O) groups excluding carboxylic acids is 1. The Hall–Kier alpha value is -4.01. The summed E-state index contributed by atoms with van der Waals surface area (Å²) in [5, 5.41) is 21.3. The normalized spacial score (nSPS) is 18.1. The van der Waals surface area contributed by atoms with Crippen LogP contribution in [0.25, 0.3) is 11.3 Å². The lowest BCUT2D eigenvalue weighted by Crippen LogP contribution is -2.23. The van der Waals surface area contributed by atoms with E-state index in [9.17, 15) is 14.9 Å². The Morgan fingerprint density at radius 3 is 2.61 bits per heavy atom. The Morgan fingerprint density at radius 2 is 1.82 bits per heavy atom. The van der Waals surface area contributed by atoms with E-state index < -0.39 is 4.92 Å². The SMILES string of the molecule is O=C1Nc2ccc([N+](=O)[O-])cc2C1=C(Nc1ccc2c(c1)CCNC2)c1ccc(CCN2CCCC2)cc1. The van der Waals surface area contributed by atoms with Crippen molar-refractivity contribution in [2.75, 3.05) is 36.8 Å². The van der Waals surface area contributed by atoms with E-state index in [0.717, 1.165) is 43.7 Å². The fourth-order valence-electron chi connectivity index (χ4n) is 5.63. The molecular formula is C30H31N5O3. The molecule has 194 valence electrons. The maximum atomic E-state index is 13.3. The average molecular weight is 510 g/mol. The summed E-state index contributed by atoms with van der Waals surface area (Å²) in [5.74, 6) is -0.275. The van der Waals surface area contributed by atoms with Gasteiger partial charge in [0.15, 0.2) is 0 Å². The molecule has 0 unspecified atom stereocenters. The molecule has 3 aliphatic rings. The lowest BCUT2D eigenvalue weighted by Gasteiger charge is -2.20. The van der Waals surface area contributed by atoms with Gasteiger partial charge in [0, 0.05) is 42.2 Å². The lowest BCUT2D eigenvalue weighted by molar-refractivity contribution is -0.384. The van der Waals surface area contributed by atoms with Gasteiger partial charge in [-0.25, -0.2) is 0 Å². The van der Waals surface area contributed by atoms with Crippen molar-refractivity contribution in [1.82, 2.24) is 10.2 Å². The van der Waals surface area contributed by atoms with Crippen molar-refractivity contribution in [3.63, 3.8) is 0 Å². The first-order valence-electron chi connectivity index (χ1n) is 13.3. The van der Waals surface area contributed by atoms with Crippen LogP contribution in [0.5, 0.6) is 0 Å². The number of nitrogens with zero attached hydrogens (tertiary/aromatic N) is 2. The number of likely N-dealkylation sites (tertiary alicyclic amines) is 1. The Kier molecular flexibility index (Phi) is 6.66. The zero-order valence-corrected chi connectivity index (χ0v) is 21.3. The van der Waals surface area contributed by atoms with E-state index in [1.54, 1.807) is 6.07 Å². The standard InChI is InChI=1S/C30H31N5O3/c36-30-28(26-18-25(35(37)38)9-10-27(26)33-30)29(32-24-8-7-23-19-31-13-11-22(23)17-24)21-5-3-20(4-6-21)12-16-34-14-1-2-15-34/h3-10,17-18,31-32H,1-2,11-16,19H2,(H,33,36). The largest absolute Gasteiger partial charge is 0.354 e. The molecule has 3 aromatic carbocycles. The highest BCUT2D eigenvalue weighted by Crippen LogP contribution is 2.39. The van der Waals surface area contributed by atoms with Crippen LogP contribution in [0.1, 0.15) is 40.7 Å². The molecule has 3 N–H and O–H groups in total. The van der Waals surface area contributed by atoms with Gasteiger partial charge in [0.25, 0.3) is 11.6 Å². The van der Waals surface area contributed by atoms with Crippen molar-refractivity contribution in [3.05, 3.63) is 98.6 Å². The topological polar surface area (TPSA) is 99.5 Å². The average Bonchev–Trinajstić information content (AvgIpc) is 3.57. The maximum Gasteiger partial charge on any atom is 0.270 e. The fourth-order valence-corrected chi connectivity index (χ4v) is 5.63. The number of amides is 1. The molecule has 6 rings (SSSR count). The summed E-state index contributed by atoms with van der Waals surface area (Å²) in [4.78, 5) is 26.9. The quantitative estimate of drug-likeness (QED) is 0.240. The number of rotatable bonds is 7. The first-order valence-corrected chi connectivity index (χ1v) is 13.3. The summed E-state index contributed by atoms with van der Waals surface area (Å²) < 4.78 is 0. The zero-order chi connectivity index (χ0) is 26.1. The van der Waals surface area contributed by atoms with E-state index in [0.29, 0.717) is 22.5 Å². The zero-order valence-electron chi connectivity index (χ0n) is 21.3. The Balaban J connectivity index is 1.39. The van der Waals surface area contributed by atoms with Crippen molar-refractivity contribution in [2.45, 2.75) is 32.2 Å². The molecule has 1 amide bonds. The van der Waals surface area contributed by atoms with Crippen LogP contribution in [0.4, 0.5) is 17.1 Å². The van der Waals surface area contributed by atoms with Crippen LogP contribution >= 0.6 is 0 Å². The Labute approximate surface area is 221 Å². The molecule has 0 radical (unpaired) electrons. The second-order valence-electron chi connectivity index (χ2n) is 10.2. The van der Waals surface area contributed by atoms with Crippen LogP contribution in [-0.4, -0.2) is 41.9 Å². The van der Waals surface area contributed by atoms with Crippen molar-refractivity contribution in [3.8, 4) is 0 Å². The number of nitrogens with one attached hydrogen (secondary N) is 3. The number of hydrogen-bond acceptors (Lipinski definition) is 6. The van der Waals surface area contributed by atoms with E-state index in [1.807, 2.05) is 18.2 Å². The molecule has 8 nitrogen and oxygen atoms in total. The van der Waals surface area contributed by atoms with Gasteiger partial charge in [0.2, 0.25) is 0 Å². The number of anilines is 2. The number of hydrogen-bond donors (Lipinski definition) is 3. The third-order valence-corrected chi connectivity index (χ3v) is 7.73. The van der Waals surface area contributed by atoms with Crippen LogP contribution in [0.2, 0.25) is 0 Å². The van der Waals surface area contributed by atoms with E-state index in [4.69, 9.17) is 0 Å². The van der Waals surface area contributed by atoms with E-state index in [2.05, 4.69) is 45.1 Å². The summed E-state index contributed by atoms with van der Waals surface area (Å²) in [5.41, 5.74) is 7.67. The number of nitro benzene ring substituents is 1. The van der Waals surface area contributed by atoms with Gasteiger partial charge in [-0.05, 0) is 85.8 Å². The van der Waals surface area contributed by atoms with E-state index in [-0.39, 0.29) is 11.6 Å². The van der Waals surface area contributed by atoms with Gasteiger partial charge in [-0.3, -0.25) is 14.9 Å². The molecular weight excluding hydrogens is 478 g/mol. The monoisotopic (exact) mass is 509 g/mol. The molecule has 0 aromatic heterocycles. The number of non-ortho nitro benzene ring substituents is 1. The van der Waals surface area contributed by atoms with E-state index >= 15 is 0 Å². The van der Waals surface area contributed by atoms with Crippen LogP contribution in [-0.2, 0) is 24.2 Å². The molecule has 3 aromatic rings. The third-order valence-electron chi connectivity index (χ3n) is 7.73. The van der Waals surface area contributed by atoms with Gasteiger partial charge in [-0.1, -0.05) is 30.3 Å². The van der Waals surface area contributed by atoms with Gasteiger partial charge in [0.05, 0.1) is 16.2 Å². The molecule has 38 heavy (non-hydrogen) atoms. The molecule has 3 heterocycles. The molecule has 0 saturated carbocycles. The third kappa shape index (κ3) is 4.92. The molecule has 8 heteroatoms. The smallest absolute Gasteiger partial charge is 0.270 e. The first-order chi connectivity index (χ1) is 18.5. The van der Waals surface area contributed by atoms with Crippen LogP contribution in [0.3, 0.4) is 0 Å². The van der Waals surface area contributed by atoms with Crippen molar-refractivity contribution < 1.29 is 9.72 Å². The summed E-state index contributed by atoms with van der Waals surface area (Å²) in [6, 6.07) is 19.1. The lowest BCUT2D eigenvalue weighted by atomic mass is 9.97. The minimum absolute atomic E-state index is 0.0457. The summed E-state index contributed by atoms with van der Waals surface area (Å²) in [6.07, 6.45) is 4.48. The van der Waals surface area contributed by atoms with Gasteiger partial charge < -0.3 is 20.9 Å². The number of benzene rings is 3. The highest BCUT2D eigenvalue weighted by molar-refractivity contribution is 6.37. The van der Waals surface area contributed by atoms with Gasteiger partial charge in [0.1, 0.15) is 0 Å². The maximum absolute atomic E-state index is 13.3. The Bertz CT molecular complexity index is 1420. The van der Waals surface area contributed by atoms with Gasteiger partial charge in [-0.15, -0.1) is 0 Å². The molecule has 1 saturated heterocycles. The highest BCUT2D eigenvalue weighted by atomic mass is 16.6. The molecule has 3 aliphatic heterocycles. The molecule has 0 spiro atoms. The fraction of sp³-hybridized carbons (Fsp3) is 0.300. The minimum atomic E-state index is -0.430. The highest BCUT2D eigenvalue weighted by Gasteiger charge is 2.30. The number of carbonyl (C=O) groups is 1. The molecule has 0 aliphatic carbocycles. The van der Waals surface area contributed by atoms with Gasteiger partial charge >= 0.3 is 0 Å². The van der Waals surface area contributed by atoms with Crippen LogP contribution < -0.4 is 16.0 Å². The second kappa shape index (κ2) is 10.4. The molecule has 0 atom stereocenters. The predicted molar refractivity (Wildman–Crippen MR) is 150 cm³/mol. The van der Waals surface area contributed by atoms with Crippen LogP contribution in [0, 0.1) is 10.1 Å². The summed E-state index contributed by atoms with van der Waals surface area (Å²) in [7, 11) is 0. The Morgan fingerprint density at radius 1 is 1.00 bits per heavy atom. The summed E-state index contributed by atoms with van der Waals surface area (Å²) in [6.45, 7) is 5.19. The second-order valence-corrected chi connectivity index (χ2v) is 10.2. The first kappa shape index (κ1) is 24.3. The van der Waals surface area contributed by atoms with E-state index in [1.165, 1.54) is 54.8 Å². The van der Waals surface area contributed by atoms with Crippen molar-refractivity contribution in [1.29, 1.82) is 0 Å². The number of nitro groups is 1. The van der Waals surface area contributed by atoms with Gasteiger partial charge in [-0.2, -0.15) is 0 Å². The predicted octanol–water partition coefficient (Wildman–Crippen LogP) is 4.81. The summed E-state index contributed by atoms with van der Waals surface area (Å²) >= 11 is 0. The van der Waals surface area contributed by atoms with Crippen molar-refractivity contribution >= 4 is 34.2 Å². The van der Waals surface area contributed by atoms with Crippen LogP contribution in [0.15, 0.2) is 60.7 Å². The molecule has 1 fully saturated rings. The van der Waals surface area contributed by atoms with Crippen molar-refractivity contribution in [2.24, 2.45) is 0 Å². The number of fused-ring (bicyclic) bond motifs is 2. The minimum Gasteiger partial charge on any atom is -0.354 e. The molecule has 0 bridgehead atoms.